The van der Waals surface area contributed by atoms with Crippen molar-refractivity contribution in [3.63, 3.8) is 0 Å². The molecule has 124 valence electrons. The highest BCUT2D eigenvalue weighted by Gasteiger charge is 2.15. The van der Waals surface area contributed by atoms with Crippen molar-refractivity contribution in [2.24, 2.45) is 5.92 Å². The first-order chi connectivity index (χ1) is 10.8. The number of anilines is 2. The molecule has 7 heteroatoms. The van der Waals surface area contributed by atoms with E-state index in [0.29, 0.717) is 28.0 Å². The Hall–Kier alpha value is -1.79. The third kappa shape index (κ3) is 4.84. The fourth-order valence-corrected chi connectivity index (χ4v) is 3.11. The quantitative estimate of drug-likeness (QED) is 0.825. The number of aromatic nitrogens is 1. The van der Waals surface area contributed by atoms with Crippen LogP contribution in [0.5, 0.6) is 0 Å². The largest absolute Gasteiger partial charge is 0.370 e. The summed E-state index contributed by atoms with van der Waals surface area (Å²) in [6.45, 7) is 6.77. The molecule has 0 radical (unpaired) electrons. The Morgan fingerprint density at radius 2 is 1.96 bits per heavy atom. The standard InChI is InChI=1S/C16H20ClN3O2S/c1-11(2)9-18-16-7-4-13(10-19-16)20-23(21,22)14-5-6-15(17)12(3)8-14/h4-8,10-11,20H,9H2,1-3H3,(H,18,19). The number of pyridine rings is 1. The Labute approximate surface area is 142 Å². The van der Waals surface area contributed by atoms with Crippen molar-refractivity contribution < 1.29 is 8.42 Å². The first kappa shape index (κ1) is 17.6. The fourth-order valence-electron chi connectivity index (χ4n) is 1.87. The second-order valence-electron chi connectivity index (χ2n) is 5.72. The lowest BCUT2D eigenvalue weighted by Crippen LogP contribution is -2.14. The summed E-state index contributed by atoms with van der Waals surface area (Å²) in [6, 6.07) is 8.01. The average Bonchev–Trinajstić information content (AvgIpc) is 2.49. The SMILES string of the molecule is Cc1cc(S(=O)(=O)Nc2ccc(NCC(C)C)nc2)ccc1Cl. The summed E-state index contributed by atoms with van der Waals surface area (Å²) >= 11 is 5.93. The van der Waals surface area contributed by atoms with Crippen molar-refractivity contribution in [1.82, 2.24) is 4.98 Å². The number of benzene rings is 1. The van der Waals surface area contributed by atoms with Crippen molar-refractivity contribution in [3.8, 4) is 0 Å². The molecule has 0 saturated carbocycles. The van der Waals surface area contributed by atoms with Gasteiger partial charge in [-0.15, -0.1) is 0 Å². The molecule has 0 unspecified atom stereocenters. The summed E-state index contributed by atoms with van der Waals surface area (Å²) in [7, 11) is -3.66. The molecule has 0 fully saturated rings. The average molecular weight is 354 g/mol. The monoisotopic (exact) mass is 353 g/mol. The van der Waals surface area contributed by atoms with E-state index in [-0.39, 0.29) is 4.90 Å². The molecule has 0 aliphatic carbocycles. The molecule has 1 aromatic carbocycles. The van der Waals surface area contributed by atoms with E-state index in [0.717, 1.165) is 6.54 Å². The van der Waals surface area contributed by atoms with Crippen LogP contribution in [0, 0.1) is 12.8 Å². The van der Waals surface area contributed by atoms with Crippen LogP contribution in [0.15, 0.2) is 41.4 Å². The maximum Gasteiger partial charge on any atom is 0.261 e. The summed E-state index contributed by atoms with van der Waals surface area (Å²) in [4.78, 5) is 4.37. The number of hydrogen-bond acceptors (Lipinski definition) is 4. The topological polar surface area (TPSA) is 71.1 Å². The predicted molar refractivity (Wildman–Crippen MR) is 94.6 cm³/mol. The second-order valence-corrected chi connectivity index (χ2v) is 7.81. The Balaban J connectivity index is 2.12. The smallest absolute Gasteiger partial charge is 0.261 e. The first-order valence-corrected chi connectivity index (χ1v) is 9.13. The number of rotatable bonds is 6. The molecule has 1 aromatic heterocycles. The molecule has 2 aromatic rings. The molecule has 2 rings (SSSR count). The van der Waals surface area contributed by atoms with Gasteiger partial charge < -0.3 is 5.32 Å². The van der Waals surface area contributed by atoms with Crippen LogP contribution in [0.25, 0.3) is 0 Å². The van der Waals surface area contributed by atoms with Gasteiger partial charge in [0.2, 0.25) is 0 Å². The first-order valence-electron chi connectivity index (χ1n) is 7.27. The minimum atomic E-state index is -3.66. The lowest BCUT2D eigenvalue weighted by Gasteiger charge is -2.11. The number of hydrogen-bond donors (Lipinski definition) is 2. The van der Waals surface area contributed by atoms with Gasteiger partial charge in [0.25, 0.3) is 10.0 Å². The number of aryl methyl sites for hydroxylation is 1. The van der Waals surface area contributed by atoms with Gasteiger partial charge in [-0.05, 0) is 48.7 Å². The van der Waals surface area contributed by atoms with Gasteiger partial charge in [-0.25, -0.2) is 13.4 Å². The third-order valence-electron chi connectivity index (χ3n) is 3.15. The van der Waals surface area contributed by atoms with Crippen LogP contribution in [0.1, 0.15) is 19.4 Å². The van der Waals surface area contributed by atoms with Crippen molar-refractivity contribution >= 4 is 33.1 Å². The molecule has 0 amide bonds. The molecule has 0 spiro atoms. The summed E-state index contributed by atoms with van der Waals surface area (Å²) in [5.74, 6) is 1.21. The predicted octanol–water partition coefficient (Wildman–Crippen LogP) is 3.91. The Bertz CT molecular complexity index is 774. The number of nitrogens with zero attached hydrogens (tertiary/aromatic N) is 1. The van der Waals surface area contributed by atoms with Gasteiger partial charge in [0.15, 0.2) is 0 Å². The molecule has 0 saturated heterocycles. The zero-order chi connectivity index (χ0) is 17.0. The van der Waals surface area contributed by atoms with E-state index >= 15 is 0 Å². The zero-order valence-electron chi connectivity index (χ0n) is 13.3. The number of nitrogens with one attached hydrogen (secondary N) is 2. The van der Waals surface area contributed by atoms with Crippen molar-refractivity contribution in [2.45, 2.75) is 25.7 Å². The molecular weight excluding hydrogens is 334 g/mol. The van der Waals surface area contributed by atoms with Crippen molar-refractivity contribution in [1.29, 1.82) is 0 Å². The number of sulfonamides is 1. The molecule has 0 atom stereocenters. The molecule has 23 heavy (non-hydrogen) atoms. The van der Waals surface area contributed by atoms with Gasteiger partial charge in [-0.3, -0.25) is 4.72 Å². The van der Waals surface area contributed by atoms with Gasteiger partial charge in [-0.1, -0.05) is 25.4 Å². The molecule has 5 nitrogen and oxygen atoms in total. The van der Waals surface area contributed by atoms with Crippen molar-refractivity contribution in [2.75, 3.05) is 16.6 Å². The van der Waals surface area contributed by atoms with Crippen LogP contribution in [0.4, 0.5) is 11.5 Å². The van der Waals surface area contributed by atoms with E-state index in [1.807, 2.05) is 0 Å². The maximum atomic E-state index is 12.4. The molecule has 0 bridgehead atoms. The minimum absolute atomic E-state index is 0.168. The fraction of sp³-hybridized carbons (Fsp3) is 0.312. The van der Waals surface area contributed by atoms with Crippen LogP contribution in [-0.2, 0) is 10.0 Å². The summed E-state index contributed by atoms with van der Waals surface area (Å²) in [6.07, 6.45) is 1.49. The molecular formula is C16H20ClN3O2S. The molecule has 2 N–H and O–H groups in total. The highest BCUT2D eigenvalue weighted by molar-refractivity contribution is 7.92. The Morgan fingerprint density at radius 1 is 1.22 bits per heavy atom. The summed E-state index contributed by atoms with van der Waals surface area (Å²) < 4.78 is 27.2. The lowest BCUT2D eigenvalue weighted by molar-refractivity contribution is 0.601. The van der Waals surface area contributed by atoms with Crippen LogP contribution in [0.3, 0.4) is 0 Å². The van der Waals surface area contributed by atoms with Gasteiger partial charge >= 0.3 is 0 Å². The Morgan fingerprint density at radius 3 is 2.52 bits per heavy atom. The highest BCUT2D eigenvalue weighted by Crippen LogP contribution is 2.21. The van der Waals surface area contributed by atoms with E-state index < -0.39 is 10.0 Å². The van der Waals surface area contributed by atoms with E-state index in [1.165, 1.54) is 18.3 Å². The Kier molecular flexibility index (Phi) is 5.49. The van der Waals surface area contributed by atoms with E-state index in [9.17, 15) is 8.42 Å². The lowest BCUT2D eigenvalue weighted by atomic mass is 10.2. The third-order valence-corrected chi connectivity index (χ3v) is 4.95. The normalized spacial score (nSPS) is 11.5. The highest BCUT2D eigenvalue weighted by atomic mass is 35.5. The molecule has 1 heterocycles. The summed E-state index contributed by atoms with van der Waals surface area (Å²) in [5, 5.41) is 3.71. The van der Waals surface area contributed by atoms with E-state index in [4.69, 9.17) is 11.6 Å². The van der Waals surface area contributed by atoms with Gasteiger partial charge in [0.05, 0.1) is 16.8 Å². The minimum Gasteiger partial charge on any atom is -0.370 e. The van der Waals surface area contributed by atoms with Gasteiger partial charge in [0, 0.05) is 11.6 Å². The molecule has 0 aliphatic heterocycles. The van der Waals surface area contributed by atoms with Crippen molar-refractivity contribution in [3.05, 3.63) is 47.1 Å². The zero-order valence-corrected chi connectivity index (χ0v) is 14.9. The summed E-state index contributed by atoms with van der Waals surface area (Å²) in [5.41, 5.74) is 1.12. The van der Waals surface area contributed by atoms with Crippen LogP contribution >= 0.6 is 11.6 Å². The van der Waals surface area contributed by atoms with Crippen LogP contribution < -0.4 is 10.0 Å². The van der Waals surface area contributed by atoms with E-state index in [2.05, 4.69) is 28.9 Å². The molecule has 0 aliphatic rings. The van der Waals surface area contributed by atoms with Gasteiger partial charge in [0.1, 0.15) is 5.82 Å². The maximum absolute atomic E-state index is 12.4. The van der Waals surface area contributed by atoms with Crippen LogP contribution in [0.2, 0.25) is 5.02 Å². The van der Waals surface area contributed by atoms with Crippen LogP contribution in [-0.4, -0.2) is 19.9 Å². The van der Waals surface area contributed by atoms with E-state index in [1.54, 1.807) is 25.1 Å². The van der Waals surface area contributed by atoms with Gasteiger partial charge in [-0.2, -0.15) is 0 Å². The second kappa shape index (κ2) is 7.19. The number of halogens is 1.